The van der Waals surface area contributed by atoms with E-state index >= 15 is 0 Å². The summed E-state index contributed by atoms with van der Waals surface area (Å²) in [6.07, 6.45) is 0. The molecular formula is C2H7N3O5-2. The maximum Gasteiger partial charge on any atom is 0.0745 e. The summed E-state index contributed by atoms with van der Waals surface area (Å²) >= 11 is 0. The van der Waals surface area contributed by atoms with Crippen LogP contribution in [0.5, 0.6) is 0 Å². The molecule has 0 bridgehead atoms. The van der Waals surface area contributed by atoms with Crippen LogP contribution in [0.15, 0.2) is 0 Å². The van der Waals surface area contributed by atoms with Gasteiger partial charge in [-0.05, 0) is 12.1 Å². The highest BCUT2D eigenvalue weighted by molar-refractivity contribution is 4.33. The SMILES string of the molecule is COOON([O-])NN(C)[O-]. The summed E-state index contributed by atoms with van der Waals surface area (Å²) in [4.78, 5) is 7.57. The predicted molar refractivity (Wildman–Crippen MR) is 28.7 cm³/mol. The predicted octanol–water partition coefficient (Wildman–Crippen LogP) is -0.940. The fourth-order valence-electron chi connectivity index (χ4n) is 0.190. The first-order valence-electron chi connectivity index (χ1n) is 2.18. The van der Waals surface area contributed by atoms with E-state index in [0.29, 0.717) is 0 Å². The highest BCUT2D eigenvalue weighted by Gasteiger charge is 1.88. The molecule has 0 atom stereocenters. The molecule has 8 nitrogen and oxygen atoms in total. The van der Waals surface area contributed by atoms with E-state index in [1.54, 1.807) is 5.53 Å². The average molecular weight is 153 g/mol. The molecule has 0 radical (unpaired) electrons. The number of nitrogens with one attached hydrogen (secondary N) is 1. The van der Waals surface area contributed by atoms with Crippen LogP contribution in [0, 0.1) is 10.4 Å². The van der Waals surface area contributed by atoms with Crippen LogP contribution >= 0.6 is 0 Å². The summed E-state index contributed by atoms with van der Waals surface area (Å²) in [5.74, 6) is 0. The van der Waals surface area contributed by atoms with Gasteiger partial charge < -0.3 is 15.6 Å². The van der Waals surface area contributed by atoms with Crippen LogP contribution in [-0.2, 0) is 14.9 Å². The van der Waals surface area contributed by atoms with Crippen LogP contribution in [0.4, 0.5) is 0 Å². The van der Waals surface area contributed by atoms with Gasteiger partial charge in [-0.15, -0.1) is 10.3 Å². The molecule has 0 aliphatic heterocycles. The van der Waals surface area contributed by atoms with Gasteiger partial charge in [0, 0.05) is 0 Å². The zero-order chi connectivity index (χ0) is 7.98. The maximum atomic E-state index is 10.1. The van der Waals surface area contributed by atoms with Crippen LogP contribution in [0.25, 0.3) is 0 Å². The molecule has 0 amide bonds. The van der Waals surface area contributed by atoms with E-state index in [1.807, 2.05) is 0 Å². The lowest BCUT2D eigenvalue weighted by atomic mass is 11.5. The van der Waals surface area contributed by atoms with E-state index in [1.165, 1.54) is 0 Å². The standard InChI is InChI=1S/C2H7N3O5/c1-4(6)3-5(7)9-10-8-2/h3H,1-2H3/q-2. The van der Waals surface area contributed by atoms with Crippen molar-refractivity contribution in [2.75, 3.05) is 14.2 Å². The van der Waals surface area contributed by atoms with Crippen molar-refractivity contribution in [3.63, 3.8) is 0 Å². The highest BCUT2D eigenvalue weighted by Crippen LogP contribution is 1.83. The normalized spacial score (nSPS) is 11.4. The Morgan fingerprint density at radius 1 is 1.40 bits per heavy atom. The molecule has 0 aliphatic rings. The van der Waals surface area contributed by atoms with Crippen molar-refractivity contribution in [2.45, 2.75) is 0 Å². The van der Waals surface area contributed by atoms with Crippen molar-refractivity contribution in [1.82, 2.24) is 16.0 Å². The molecule has 0 fully saturated rings. The number of nitrogens with zero attached hydrogens (tertiary/aromatic N) is 2. The molecule has 0 saturated carbocycles. The molecule has 0 aromatic rings. The van der Waals surface area contributed by atoms with E-state index < -0.39 is 0 Å². The van der Waals surface area contributed by atoms with Gasteiger partial charge >= 0.3 is 0 Å². The first kappa shape index (κ1) is 9.68. The summed E-state index contributed by atoms with van der Waals surface area (Å²) in [5, 5.41) is 23.6. The van der Waals surface area contributed by atoms with Crippen molar-refractivity contribution in [3.05, 3.63) is 10.4 Å². The third-order valence-corrected chi connectivity index (χ3v) is 0.389. The summed E-state index contributed by atoms with van der Waals surface area (Å²) in [6.45, 7) is 0. The molecule has 0 unspecified atom stereocenters. The fourth-order valence-corrected chi connectivity index (χ4v) is 0.190. The van der Waals surface area contributed by atoms with E-state index in [2.05, 4.69) is 14.9 Å². The minimum absolute atomic E-state index is 0.117. The van der Waals surface area contributed by atoms with Gasteiger partial charge in [0.15, 0.2) is 0 Å². The molecule has 0 aromatic carbocycles. The van der Waals surface area contributed by atoms with Gasteiger partial charge in [0.2, 0.25) is 0 Å². The second-order valence-electron chi connectivity index (χ2n) is 1.16. The summed E-state index contributed by atoms with van der Waals surface area (Å²) < 4.78 is 0. The summed E-state index contributed by atoms with van der Waals surface area (Å²) in [7, 11) is 2.19. The van der Waals surface area contributed by atoms with Crippen LogP contribution in [-0.4, -0.2) is 24.7 Å². The Labute approximate surface area is 56.8 Å². The third-order valence-electron chi connectivity index (χ3n) is 0.389. The average Bonchev–Trinajstić information content (AvgIpc) is 1.82. The monoisotopic (exact) mass is 153 g/mol. The highest BCUT2D eigenvalue weighted by atomic mass is 17.6. The van der Waals surface area contributed by atoms with Gasteiger partial charge in [-0.25, -0.2) is 4.89 Å². The molecule has 1 N–H and O–H groups in total. The Hall–Kier alpha value is -0.320. The fraction of sp³-hybridized carbons (Fsp3) is 1.00. The Balaban J connectivity index is 3.16. The molecule has 0 aliphatic carbocycles. The van der Waals surface area contributed by atoms with Gasteiger partial charge in [-0.3, -0.25) is 0 Å². The van der Waals surface area contributed by atoms with Crippen molar-refractivity contribution >= 4 is 0 Å². The maximum absolute atomic E-state index is 10.1. The van der Waals surface area contributed by atoms with Crippen molar-refractivity contribution in [1.29, 1.82) is 0 Å². The first-order chi connectivity index (χ1) is 4.66. The second-order valence-corrected chi connectivity index (χ2v) is 1.16. The lowest BCUT2D eigenvalue weighted by Crippen LogP contribution is -2.41. The lowest BCUT2D eigenvalue weighted by molar-refractivity contribution is -0.576. The summed E-state index contributed by atoms with van der Waals surface area (Å²) in [6, 6.07) is 0. The van der Waals surface area contributed by atoms with Gasteiger partial charge in [-0.2, -0.15) is 5.53 Å². The topological polar surface area (TPSA) is 92.3 Å². The first-order valence-corrected chi connectivity index (χ1v) is 2.18. The Bertz CT molecular complexity index is 79.3. The second kappa shape index (κ2) is 5.46. The molecule has 10 heavy (non-hydrogen) atoms. The van der Waals surface area contributed by atoms with Crippen molar-refractivity contribution in [2.24, 2.45) is 0 Å². The minimum atomic E-state index is -0.323. The Morgan fingerprint density at radius 2 is 2.00 bits per heavy atom. The van der Waals surface area contributed by atoms with Gasteiger partial charge in [0.05, 0.1) is 7.11 Å². The molecule has 0 heterocycles. The van der Waals surface area contributed by atoms with E-state index in [-0.39, 0.29) is 10.5 Å². The Morgan fingerprint density at radius 3 is 2.40 bits per heavy atom. The van der Waals surface area contributed by atoms with Gasteiger partial charge in [0.1, 0.15) is 0 Å². The Kier molecular flexibility index (Phi) is 5.29. The number of rotatable bonds is 5. The zero-order valence-corrected chi connectivity index (χ0v) is 5.44. The minimum Gasteiger partial charge on any atom is -0.771 e. The molecule has 62 valence electrons. The van der Waals surface area contributed by atoms with E-state index in [4.69, 9.17) is 0 Å². The van der Waals surface area contributed by atoms with Crippen LogP contribution < -0.4 is 5.53 Å². The lowest BCUT2D eigenvalue weighted by Gasteiger charge is -2.32. The number of hydrazine groups is 2. The van der Waals surface area contributed by atoms with E-state index in [0.717, 1.165) is 14.2 Å². The van der Waals surface area contributed by atoms with Gasteiger partial charge in [0.25, 0.3) is 0 Å². The number of hydrogen-bond donors (Lipinski definition) is 1. The molecular weight excluding hydrogens is 146 g/mol. The van der Waals surface area contributed by atoms with Crippen LogP contribution in [0.3, 0.4) is 0 Å². The van der Waals surface area contributed by atoms with E-state index in [9.17, 15) is 10.4 Å². The molecule has 8 heteroatoms. The van der Waals surface area contributed by atoms with Crippen molar-refractivity contribution < 1.29 is 14.9 Å². The number of hydroxylamine groups is 1. The van der Waals surface area contributed by atoms with Crippen LogP contribution in [0.2, 0.25) is 0 Å². The summed E-state index contributed by atoms with van der Waals surface area (Å²) in [5.41, 5.74) is 1.61. The van der Waals surface area contributed by atoms with Crippen molar-refractivity contribution in [3.8, 4) is 0 Å². The third kappa shape index (κ3) is 5.81. The molecule has 0 saturated heterocycles. The zero-order valence-electron chi connectivity index (χ0n) is 5.44. The number of hydrogen-bond acceptors (Lipinski definition) is 8. The molecule has 0 rings (SSSR count). The molecule has 0 aromatic heterocycles. The van der Waals surface area contributed by atoms with Crippen LogP contribution in [0.1, 0.15) is 0 Å². The quantitative estimate of drug-likeness (QED) is 0.399. The van der Waals surface area contributed by atoms with Gasteiger partial charge in [-0.1, -0.05) is 0 Å². The largest absolute Gasteiger partial charge is 0.771 e. The molecule has 0 spiro atoms. The smallest absolute Gasteiger partial charge is 0.0745 e.